The number of benzene rings is 2. The maximum absolute atomic E-state index is 12.6. The Bertz CT molecular complexity index is 1180. The van der Waals surface area contributed by atoms with Crippen LogP contribution in [0.5, 0.6) is 5.75 Å². The minimum atomic E-state index is -0.896. The lowest BCUT2D eigenvalue weighted by molar-refractivity contribution is -0.136. The molecule has 40 heavy (non-hydrogen) atoms. The highest BCUT2D eigenvalue weighted by molar-refractivity contribution is 6.05. The molecule has 218 valence electrons. The number of amides is 1. The highest BCUT2D eigenvalue weighted by Crippen LogP contribution is 2.27. The number of nitrogens with one attached hydrogen (secondary N) is 1. The maximum Gasteiger partial charge on any atom is 0.307 e. The van der Waals surface area contributed by atoms with Crippen molar-refractivity contribution in [1.29, 1.82) is 0 Å². The van der Waals surface area contributed by atoms with Gasteiger partial charge in [0.2, 0.25) is 0 Å². The Morgan fingerprint density at radius 3 is 2.02 bits per heavy atom. The van der Waals surface area contributed by atoms with E-state index in [-0.39, 0.29) is 12.3 Å². The van der Waals surface area contributed by atoms with Gasteiger partial charge in [0.25, 0.3) is 12.4 Å². The second-order valence-corrected chi connectivity index (χ2v) is 8.07. The van der Waals surface area contributed by atoms with Crippen LogP contribution in [-0.2, 0) is 20.7 Å². The van der Waals surface area contributed by atoms with Gasteiger partial charge in [-0.1, -0.05) is 44.6 Å². The summed E-state index contributed by atoms with van der Waals surface area (Å²) >= 11 is 0. The van der Waals surface area contributed by atoms with Crippen molar-refractivity contribution in [2.45, 2.75) is 61.3 Å². The van der Waals surface area contributed by atoms with Crippen LogP contribution in [0.25, 0.3) is 11.3 Å². The van der Waals surface area contributed by atoms with E-state index < -0.39 is 5.97 Å². The van der Waals surface area contributed by atoms with E-state index in [9.17, 15) is 14.4 Å². The van der Waals surface area contributed by atoms with Gasteiger partial charge in [-0.3, -0.25) is 14.4 Å². The summed E-state index contributed by atoms with van der Waals surface area (Å²) in [6, 6.07) is 15.8. The highest BCUT2D eigenvalue weighted by Gasteiger charge is 2.16. The van der Waals surface area contributed by atoms with E-state index in [1.165, 1.54) is 12.0 Å². The Morgan fingerprint density at radius 1 is 1.02 bits per heavy atom. The van der Waals surface area contributed by atoms with E-state index in [4.69, 9.17) is 14.3 Å². The lowest BCUT2D eigenvalue weighted by atomic mass is 10.1. The molecule has 0 bridgehead atoms. The van der Waals surface area contributed by atoms with E-state index in [1.54, 1.807) is 51.3 Å². The third-order valence-electron chi connectivity index (χ3n) is 5.39. The van der Waals surface area contributed by atoms with Crippen molar-refractivity contribution in [1.82, 2.24) is 0 Å². The van der Waals surface area contributed by atoms with Crippen molar-refractivity contribution >= 4 is 24.0 Å². The molecule has 0 aliphatic rings. The number of carbonyl (C=O) groups is 3. The molecule has 1 heterocycles. The number of aryl methyl sites for hydroxylation is 1. The van der Waals surface area contributed by atoms with Crippen LogP contribution in [0.4, 0.5) is 5.69 Å². The molecule has 0 aliphatic heterocycles. The van der Waals surface area contributed by atoms with Crippen LogP contribution in [0.2, 0.25) is 0 Å². The Morgan fingerprint density at radius 2 is 1.62 bits per heavy atom. The Labute approximate surface area is 238 Å². The van der Waals surface area contributed by atoms with Crippen molar-refractivity contribution in [2.24, 2.45) is 0 Å². The first-order valence-corrected chi connectivity index (χ1v) is 13.2. The van der Waals surface area contributed by atoms with Crippen LogP contribution in [0.1, 0.15) is 69.6 Å². The van der Waals surface area contributed by atoms with Crippen LogP contribution < -0.4 is 10.1 Å². The first-order valence-electron chi connectivity index (χ1n) is 13.2. The van der Waals surface area contributed by atoms with E-state index in [1.807, 2.05) is 38.1 Å². The second-order valence-electron chi connectivity index (χ2n) is 8.07. The number of carbonyl (C=O) groups excluding carboxylic acids is 2. The zero-order chi connectivity index (χ0) is 30.5. The third-order valence-corrected chi connectivity index (χ3v) is 5.39. The molecule has 0 saturated carbocycles. The number of carboxylic acid groups (broad SMARTS) is 1. The fraction of sp³-hybridized carbons (Fsp3) is 0.344. The summed E-state index contributed by atoms with van der Waals surface area (Å²) in [6.45, 7) is 14.8. The minimum Gasteiger partial charge on any atom is -0.497 e. The van der Waals surface area contributed by atoms with Crippen LogP contribution in [0, 0.1) is 6.92 Å². The minimum absolute atomic E-state index is 0.0553. The average Bonchev–Trinajstić information content (AvgIpc) is 3.37. The number of furan rings is 1. The molecular weight excluding hydrogens is 510 g/mol. The van der Waals surface area contributed by atoms with Gasteiger partial charge in [0.05, 0.1) is 25.7 Å². The van der Waals surface area contributed by atoms with Gasteiger partial charge in [0.1, 0.15) is 17.3 Å². The fourth-order valence-corrected chi connectivity index (χ4v) is 2.96. The normalized spacial score (nSPS) is 9.85. The van der Waals surface area contributed by atoms with Crippen LogP contribution >= 0.6 is 0 Å². The molecule has 8 heteroatoms. The summed E-state index contributed by atoms with van der Waals surface area (Å²) in [5.41, 5.74) is 4.00. The number of carboxylic acids is 1. The summed E-state index contributed by atoms with van der Waals surface area (Å²) in [7, 11) is 1.60. The topological polar surface area (TPSA) is 115 Å². The number of aliphatic carboxylic acids is 1. The van der Waals surface area contributed by atoms with Crippen LogP contribution in [0.3, 0.4) is 0 Å². The zero-order valence-electron chi connectivity index (χ0n) is 24.9. The van der Waals surface area contributed by atoms with Crippen molar-refractivity contribution in [3.8, 4) is 17.1 Å². The molecule has 3 aromatic rings. The summed E-state index contributed by atoms with van der Waals surface area (Å²) in [5, 5.41) is 11.6. The molecule has 2 N–H and O–H groups in total. The van der Waals surface area contributed by atoms with Crippen molar-refractivity contribution < 1.29 is 33.4 Å². The lowest BCUT2D eigenvalue weighted by Gasteiger charge is -2.05. The SMILES string of the molecule is C/C=C(\C)CC.CC.CCOC=O.COc1ccc(-c2cc(C(=O)Nc3ccc(CC(=O)O)cc3)c(C)o2)cc1. The third kappa shape index (κ3) is 13.5. The number of ether oxygens (including phenoxy) is 2. The number of hydrogen-bond donors (Lipinski definition) is 2. The molecule has 0 fully saturated rings. The second kappa shape index (κ2) is 20.6. The summed E-state index contributed by atoms with van der Waals surface area (Å²) in [6.07, 6.45) is 3.27. The number of hydrogen-bond acceptors (Lipinski definition) is 6. The van der Waals surface area contributed by atoms with Gasteiger partial charge >= 0.3 is 5.97 Å². The molecule has 1 amide bonds. The molecule has 3 rings (SSSR count). The highest BCUT2D eigenvalue weighted by atomic mass is 16.5. The molecule has 0 atom stereocenters. The summed E-state index contributed by atoms with van der Waals surface area (Å²) < 4.78 is 15.0. The van der Waals surface area contributed by atoms with Crippen molar-refractivity contribution in [3.63, 3.8) is 0 Å². The maximum atomic E-state index is 12.6. The van der Waals surface area contributed by atoms with Gasteiger partial charge in [-0.15, -0.1) is 0 Å². The molecule has 8 nitrogen and oxygen atoms in total. The fourth-order valence-electron chi connectivity index (χ4n) is 2.96. The Kier molecular flexibility index (Phi) is 18.4. The van der Waals surface area contributed by atoms with Gasteiger partial charge in [-0.2, -0.15) is 0 Å². The molecule has 0 aliphatic carbocycles. The number of rotatable bonds is 9. The zero-order valence-corrected chi connectivity index (χ0v) is 24.9. The van der Waals surface area contributed by atoms with Crippen molar-refractivity contribution in [2.75, 3.05) is 19.0 Å². The van der Waals surface area contributed by atoms with Gasteiger partial charge in [-0.25, -0.2) is 0 Å². The smallest absolute Gasteiger partial charge is 0.307 e. The van der Waals surface area contributed by atoms with Gasteiger partial charge in [-0.05, 0) is 82.1 Å². The Hall–Kier alpha value is -4.33. The van der Waals surface area contributed by atoms with Gasteiger partial charge < -0.3 is 24.3 Å². The standard InChI is InChI=1S/C21H19NO5.C6H12.C3H6O2.C2H6/c1-13-18(12-19(27-13)15-5-9-17(26-2)10-6-15)21(25)22-16-7-3-14(4-8-16)11-20(23)24;1-4-6(3)5-2;1-2-5-3-4;1-2/h3-10,12H,11H2,1-2H3,(H,22,25)(H,23,24);4H,5H2,1-3H3;3H,2H2,1H3;1-2H3/b;6-4+;;. The predicted molar refractivity (Wildman–Crippen MR) is 160 cm³/mol. The van der Waals surface area contributed by atoms with Gasteiger partial charge in [0.15, 0.2) is 0 Å². The first kappa shape index (κ1) is 35.7. The molecule has 2 aromatic carbocycles. The number of methoxy groups -OCH3 is 1. The predicted octanol–water partition coefficient (Wildman–Crippen LogP) is 7.71. The van der Waals surface area contributed by atoms with Crippen LogP contribution in [0.15, 0.2) is 70.7 Å². The molecule has 0 unspecified atom stereocenters. The van der Waals surface area contributed by atoms with Crippen LogP contribution in [-0.4, -0.2) is 37.2 Å². The van der Waals surface area contributed by atoms with E-state index in [0.717, 1.165) is 11.3 Å². The average molecular weight is 554 g/mol. The summed E-state index contributed by atoms with van der Waals surface area (Å²) in [5.74, 6) is 0.665. The molecule has 0 radical (unpaired) electrons. The molecule has 1 aromatic heterocycles. The van der Waals surface area contributed by atoms with E-state index in [2.05, 4.69) is 36.9 Å². The molecular formula is C32H43NO7. The number of anilines is 1. The van der Waals surface area contributed by atoms with Gasteiger partial charge in [0, 0.05) is 11.3 Å². The van der Waals surface area contributed by atoms with E-state index >= 15 is 0 Å². The monoisotopic (exact) mass is 553 g/mol. The van der Waals surface area contributed by atoms with E-state index in [0.29, 0.717) is 41.4 Å². The Balaban J connectivity index is 0.000000982. The first-order chi connectivity index (χ1) is 19.2. The largest absolute Gasteiger partial charge is 0.497 e. The molecule has 0 spiro atoms. The lowest BCUT2D eigenvalue weighted by Crippen LogP contribution is -2.12. The summed E-state index contributed by atoms with van der Waals surface area (Å²) in [4.78, 5) is 32.5. The van der Waals surface area contributed by atoms with Crippen molar-refractivity contribution in [3.05, 3.63) is 83.1 Å². The number of allylic oxidation sites excluding steroid dienone is 2. The molecule has 0 saturated heterocycles. The quantitative estimate of drug-likeness (QED) is 0.206.